The van der Waals surface area contributed by atoms with Gasteiger partial charge in [-0.2, -0.15) is 0 Å². The number of carbonyl (C=O) groups is 1. The van der Waals surface area contributed by atoms with E-state index in [1.807, 2.05) is 12.1 Å². The first-order valence-corrected chi connectivity index (χ1v) is 6.60. The summed E-state index contributed by atoms with van der Waals surface area (Å²) in [6.45, 7) is 6.50. The number of hydrogen-bond acceptors (Lipinski definition) is 3. The number of hydrogen-bond donors (Lipinski definition) is 1. The predicted molar refractivity (Wildman–Crippen MR) is 76.0 cm³/mol. The zero-order valence-electron chi connectivity index (χ0n) is 12.0. The van der Waals surface area contributed by atoms with Gasteiger partial charge in [0.2, 0.25) is 0 Å². The molecular weight excluding hydrogens is 254 g/mol. The fourth-order valence-electron chi connectivity index (χ4n) is 1.89. The van der Waals surface area contributed by atoms with Crippen molar-refractivity contribution in [3.8, 4) is 5.69 Å². The number of aromatic nitrogens is 3. The van der Waals surface area contributed by atoms with E-state index in [4.69, 9.17) is 5.11 Å². The van der Waals surface area contributed by atoms with Gasteiger partial charge < -0.3 is 5.11 Å². The third-order valence-corrected chi connectivity index (χ3v) is 3.13. The Kier molecular flexibility index (Phi) is 3.88. The van der Waals surface area contributed by atoms with Crippen molar-refractivity contribution in [3.05, 3.63) is 41.7 Å². The highest BCUT2D eigenvalue weighted by Crippen LogP contribution is 2.22. The van der Waals surface area contributed by atoms with E-state index in [2.05, 4.69) is 43.2 Å². The Labute approximate surface area is 118 Å². The third kappa shape index (κ3) is 3.44. The minimum atomic E-state index is -0.825. The van der Waals surface area contributed by atoms with Gasteiger partial charge in [-0.1, -0.05) is 38.1 Å². The fraction of sp³-hybridized carbons (Fsp3) is 0.400. The summed E-state index contributed by atoms with van der Waals surface area (Å²) >= 11 is 0. The molecule has 1 aromatic carbocycles. The Morgan fingerprint density at radius 1 is 1.25 bits per heavy atom. The average molecular weight is 273 g/mol. The molecule has 0 amide bonds. The van der Waals surface area contributed by atoms with Crippen LogP contribution in [0.1, 0.15) is 38.4 Å². The maximum Gasteiger partial charge on any atom is 0.303 e. The van der Waals surface area contributed by atoms with E-state index in [1.54, 1.807) is 10.9 Å². The second-order valence-electron chi connectivity index (χ2n) is 5.85. The number of aryl methyl sites for hydroxylation is 1. The van der Waals surface area contributed by atoms with Crippen LogP contribution >= 0.6 is 0 Å². The van der Waals surface area contributed by atoms with Crippen molar-refractivity contribution < 1.29 is 9.90 Å². The van der Waals surface area contributed by atoms with Gasteiger partial charge in [-0.3, -0.25) is 4.79 Å². The molecule has 0 aliphatic carbocycles. The molecule has 0 fully saturated rings. The van der Waals surface area contributed by atoms with E-state index in [9.17, 15) is 4.79 Å². The highest BCUT2D eigenvalue weighted by Gasteiger charge is 2.13. The first kappa shape index (κ1) is 14.2. The first-order chi connectivity index (χ1) is 9.36. The third-order valence-electron chi connectivity index (χ3n) is 3.13. The smallest absolute Gasteiger partial charge is 0.303 e. The van der Waals surface area contributed by atoms with Gasteiger partial charge in [-0.05, 0) is 23.1 Å². The van der Waals surface area contributed by atoms with Crippen molar-refractivity contribution in [1.29, 1.82) is 0 Å². The van der Waals surface area contributed by atoms with E-state index in [0.29, 0.717) is 12.1 Å². The normalized spacial score (nSPS) is 11.6. The molecule has 1 N–H and O–H groups in total. The van der Waals surface area contributed by atoms with Crippen molar-refractivity contribution in [2.75, 3.05) is 0 Å². The number of benzene rings is 1. The lowest BCUT2D eigenvalue weighted by Gasteiger charge is -2.18. The standard InChI is InChI=1S/C15H19N3O2/c1-15(2,3)11-4-7-13(8-5-11)18-10-12(16-17-18)6-9-14(19)20/h4-5,7-8,10H,6,9H2,1-3H3,(H,19,20). The van der Waals surface area contributed by atoms with Crippen molar-refractivity contribution >= 4 is 5.97 Å². The van der Waals surface area contributed by atoms with Gasteiger partial charge in [0, 0.05) is 6.42 Å². The Balaban J connectivity index is 2.14. The molecule has 0 spiro atoms. The van der Waals surface area contributed by atoms with Crippen LogP contribution in [-0.4, -0.2) is 26.1 Å². The summed E-state index contributed by atoms with van der Waals surface area (Å²) < 4.78 is 1.67. The molecule has 5 nitrogen and oxygen atoms in total. The first-order valence-electron chi connectivity index (χ1n) is 6.60. The van der Waals surface area contributed by atoms with Crippen LogP contribution in [0, 0.1) is 0 Å². The van der Waals surface area contributed by atoms with Crippen molar-refractivity contribution in [1.82, 2.24) is 15.0 Å². The molecule has 0 saturated carbocycles. The highest BCUT2D eigenvalue weighted by atomic mass is 16.4. The molecule has 106 valence electrons. The highest BCUT2D eigenvalue weighted by molar-refractivity contribution is 5.66. The van der Waals surface area contributed by atoms with Gasteiger partial charge in [0.05, 0.1) is 24.0 Å². The number of rotatable bonds is 4. The van der Waals surface area contributed by atoms with Crippen LogP contribution in [0.4, 0.5) is 0 Å². The Morgan fingerprint density at radius 3 is 2.45 bits per heavy atom. The Bertz CT molecular complexity index is 594. The summed E-state index contributed by atoms with van der Waals surface area (Å²) in [5, 5.41) is 16.7. The van der Waals surface area contributed by atoms with Crippen LogP contribution in [0.3, 0.4) is 0 Å². The predicted octanol–water partition coefficient (Wildman–Crippen LogP) is 2.58. The molecule has 2 aromatic rings. The second kappa shape index (κ2) is 5.45. The van der Waals surface area contributed by atoms with Crippen LogP contribution in [-0.2, 0) is 16.6 Å². The van der Waals surface area contributed by atoms with Crippen LogP contribution in [0.5, 0.6) is 0 Å². The molecule has 20 heavy (non-hydrogen) atoms. The maximum absolute atomic E-state index is 10.5. The van der Waals surface area contributed by atoms with E-state index < -0.39 is 5.97 Å². The summed E-state index contributed by atoms with van der Waals surface area (Å²) in [6.07, 6.45) is 2.24. The summed E-state index contributed by atoms with van der Waals surface area (Å²) in [5.74, 6) is -0.825. The molecule has 0 radical (unpaired) electrons. The molecule has 0 saturated heterocycles. The molecule has 5 heteroatoms. The summed E-state index contributed by atoms with van der Waals surface area (Å²) in [6, 6.07) is 8.15. The van der Waals surface area contributed by atoms with Gasteiger partial charge in [0.1, 0.15) is 0 Å². The number of carboxylic acids is 1. The topological polar surface area (TPSA) is 68.0 Å². The lowest BCUT2D eigenvalue weighted by atomic mass is 9.87. The molecule has 1 heterocycles. The average Bonchev–Trinajstić information content (AvgIpc) is 2.84. The van der Waals surface area contributed by atoms with E-state index >= 15 is 0 Å². The number of nitrogens with zero attached hydrogens (tertiary/aromatic N) is 3. The largest absolute Gasteiger partial charge is 0.481 e. The quantitative estimate of drug-likeness (QED) is 0.929. The fourth-order valence-corrected chi connectivity index (χ4v) is 1.89. The van der Waals surface area contributed by atoms with Gasteiger partial charge in [-0.25, -0.2) is 4.68 Å². The van der Waals surface area contributed by atoms with Crippen molar-refractivity contribution in [2.24, 2.45) is 0 Å². The van der Waals surface area contributed by atoms with E-state index in [-0.39, 0.29) is 11.8 Å². The van der Waals surface area contributed by atoms with Crippen molar-refractivity contribution in [2.45, 2.75) is 39.0 Å². The SMILES string of the molecule is CC(C)(C)c1ccc(-n2cc(CCC(=O)O)nn2)cc1. The monoisotopic (exact) mass is 273 g/mol. The molecule has 2 rings (SSSR count). The summed E-state index contributed by atoms with van der Waals surface area (Å²) in [5.41, 5.74) is 2.99. The van der Waals surface area contributed by atoms with Crippen LogP contribution < -0.4 is 0 Å². The van der Waals surface area contributed by atoms with Gasteiger partial charge in [0.15, 0.2) is 0 Å². The van der Waals surface area contributed by atoms with E-state index in [0.717, 1.165) is 5.69 Å². The van der Waals surface area contributed by atoms with Crippen molar-refractivity contribution in [3.63, 3.8) is 0 Å². The van der Waals surface area contributed by atoms with E-state index in [1.165, 1.54) is 5.56 Å². The summed E-state index contributed by atoms with van der Waals surface area (Å²) in [4.78, 5) is 10.5. The second-order valence-corrected chi connectivity index (χ2v) is 5.85. The number of carboxylic acid groups (broad SMARTS) is 1. The Morgan fingerprint density at radius 2 is 1.90 bits per heavy atom. The molecule has 0 bridgehead atoms. The molecule has 0 unspecified atom stereocenters. The molecule has 0 atom stereocenters. The lowest BCUT2D eigenvalue weighted by Crippen LogP contribution is -2.10. The summed E-state index contributed by atoms with van der Waals surface area (Å²) in [7, 11) is 0. The van der Waals surface area contributed by atoms with Gasteiger partial charge in [0.25, 0.3) is 0 Å². The van der Waals surface area contributed by atoms with Gasteiger partial charge in [-0.15, -0.1) is 5.10 Å². The van der Waals surface area contributed by atoms with Crippen LogP contribution in [0.15, 0.2) is 30.5 Å². The minimum Gasteiger partial charge on any atom is -0.481 e. The Hall–Kier alpha value is -2.17. The molecule has 0 aliphatic rings. The minimum absolute atomic E-state index is 0.0711. The van der Waals surface area contributed by atoms with Crippen LogP contribution in [0.25, 0.3) is 5.69 Å². The molecule has 1 aromatic heterocycles. The maximum atomic E-state index is 10.5. The van der Waals surface area contributed by atoms with Gasteiger partial charge >= 0.3 is 5.97 Å². The lowest BCUT2D eigenvalue weighted by molar-refractivity contribution is -0.136. The number of aliphatic carboxylic acids is 1. The molecular formula is C15H19N3O2. The van der Waals surface area contributed by atoms with Crippen LogP contribution in [0.2, 0.25) is 0 Å². The zero-order valence-corrected chi connectivity index (χ0v) is 12.0. The molecule has 0 aliphatic heterocycles. The zero-order chi connectivity index (χ0) is 14.8.